The molecule has 0 amide bonds. The van der Waals surface area contributed by atoms with Crippen LogP contribution in [0.25, 0.3) is 5.82 Å². The summed E-state index contributed by atoms with van der Waals surface area (Å²) in [4.78, 5) is 12.0. The van der Waals surface area contributed by atoms with Crippen LogP contribution in [0.5, 0.6) is 0 Å². The summed E-state index contributed by atoms with van der Waals surface area (Å²) in [6.07, 6.45) is 4.36. The lowest BCUT2D eigenvalue weighted by Gasteiger charge is -2.25. The number of hydrogen-bond donors (Lipinski definition) is 2. The minimum absolute atomic E-state index is 0. The van der Waals surface area contributed by atoms with Crippen LogP contribution in [0.2, 0.25) is 0 Å². The van der Waals surface area contributed by atoms with Gasteiger partial charge in [0, 0.05) is 37.6 Å². The van der Waals surface area contributed by atoms with Crippen molar-refractivity contribution in [1.29, 1.82) is 0 Å². The first-order valence-electron chi connectivity index (χ1n) is 11.9. The van der Waals surface area contributed by atoms with Gasteiger partial charge in [0.25, 0.3) is 0 Å². The molecule has 4 rings (SSSR count). The first kappa shape index (κ1) is 26.2. The van der Waals surface area contributed by atoms with Crippen molar-refractivity contribution in [2.75, 3.05) is 19.6 Å². The van der Waals surface area contributed by atoms with Crippen molar-refractivity contribution >= 4 is 29.9 Å². The van der Waals surface area contributed by atoms with E-state index in [2.05, 4.69) is 75.0 Å². The summed E-state index contributed by atoms with van der Waals surface area (Å²) in [5.74, 6) is 1.68. The van der Waals surface area contributed by atoms with Crippen molar-refractivity contribution in [3.63, 3.8) is 0 Å². The molecule has 3 aromatic rings. The highest BCUT2D eigenvalue weighted by molar-refractivity contribution is 14.0. The summed E-state index contributed by atoms with van der Waals surface area (Å²) in [6.45, 7) is 10.6. The smallest absolute Gasteiger partial charge is 0.191 e. The molecule has 0 bridgehead atoms. The van der Waals surface area contributed by atoms with Crippen LogP contribution < -0.4 is 10.6 Å². The molecule has 34 heavy (non-hydrogen) atoms. The molecule has 1 aliphatic heterocycles. The number of halogens is 1. The van der Waals surface area contributed by atoms with Crippen LogP contribution in [0.15, 0.2) is 59.7 Å². The maximum absolute atomic E-state index is 4.79. The number of likely N-dealkylation sites (tertiary alicyclic amines) is 1. The van der Waals surface area contributed by atoms with Crippen molar-refractivity contribution in [3.8, 4) is 5.82 Å². The topological polar surface area (TPSA) is 70.4 Å². The standard InChI is InChI=1S/C26H35N7.HI/c1-4-27-26(30-18-24-11-8-14-32(24)19-22-9-6-5-7-10-22)29-17-23-12-13-25(28-16-23)33-21(3)15-20(2)31-33;/h5-7,9-10,12-13,15-16,24H,4,8,11,14,17-19H2,1-3H3,(H2,27,29,30);1H. The highest BCUT2D eigenvalue weighted by atomic mass is 127. The van der Waals surface area contributed by atoms with Gasteiger partial charge in [-0.1, -0.05) is 36.4 Å². The van der Waals surface area contributed by atoms with Gasteiger partial charge in [-0.05, 0) is 63.4 Å². The maximum Gasteiger partial charge on any atom is 0.191 e. The molecule has 1 fully saturated rings. The van der Waals surface area contributed by atoms with Crippen molar-refractivity contribution in [1.82, 2.24) is 30.3 Å². The molecule has 3 heterocycles. The Kier molecular flexibility index (Phi) is 9.88. The van der Waals surface area contributed by atoms with Gasteiger partial charge >= 0.3 is 0 Å². The average Bonchev–Trinajstić information content (AvgIpc) is 3.41. The van der Waals surface area contributed by atoms with Gasteiger partial charge in [0.05, 0.1) is 12.2 Å². The van der Waals surface area contributed by atoms with Crippen molar-refractivity contribution in [2.45, 2.75) is 52.7 Å². The van der Waals surface area contributed by atoms with Crippen LogP contribution in [0.3, 0.4) is 0 Å². The fourth-order valence-corrected chi connectivity index (χ4v) is 4.38. The Morgan fingerprint density at radius 1 is 1.09 bits per heavy atom. The molecule has 2 aromatic heterocycles. The third-order valence-corrected chi connectivity index (χ3v) is 6.03. The Labute approximate surface area is 220 Å². The van der Waals surface area contributed by atoms with Crippen LogP contribution in [-0.4, -0.2) is 51.3 Å². The monoisotopic (exact) mass is 573 g/mol. The van der Waals surface area contributed by atoms with Crippen molar-refractivity contribution in [3.05, 3.63) is 77.2 Å². The second-order valence-electron chi connectivity index (χ2n) is 8.69. The zero-order valence-electron chi connectivity index (χ0n) is 20.4. The van der Waals surface area contributed by atoms with Gasteiger partial charge in [-0.3, -0.25) is 4.90 Å². The van der Waals surface area contributed by atoms with E-state index < -0.39 is 0 Å². The van der Waals surface area contributed by atoms with E-state index in [9.17, 15) is 0 Å². The summed E-state index contributed by atoms with van der Waals surface area (Å²) in [5, 5.41) is 11.4. The predicted molar refractivity (Wildman–Crippen MR) is 149 cm³/mol. The van der Waals surface area contributed by atoms with E-state index in [4.69, 9.17) is 4.99 Å². The molecular formula is C26H36IN7. The number of hydrogen-bond acceptors (Lipinski definition) is 4. The summed E-state index contributed by atoms with van der Waals surface area (Å²) in [7, 11) is 0. The number of aliphatic imine (C=N–C) groups is 1. The number of guanidine groups is 1. The van der Waals surface area contributed by atoms with Gasteiger partial charge in [0.15, 0.2) is 11.8 Å². The van der Waals surface area contributed by atoms with Crippen LogP contribution in [0.4, 0.5) is 0 Å². The number of aromatic nitrogens is 3. The minimum Gasteiger partial charge on any atom is -0.357 e. The molecule has 2 N–H and O–H groups in total. The first-order valence-corrected chi connectivity index (χ1v) is 11.9. The SMILES string of the molecule is CCNC(=NCc1ccc(-n2nc(C)cc2C)nc1)NCC1CCCN1Cc1ccccc1.I. The fraction of sp³-hybridized carbons (Fsp3) is 0.423. The van der Waals surface area contributed by atoms with Gasteiger partial charge in [0.2, 0.25) is 0 Å². The van der Waals surface area contributed by atoms with E-state index in [0.717, 1.165) is 54.9 Å². The molecule has 0 spiro atoms. The van der Waals surface area contributed by atoms with E-state index in [0.29, 0.717) is 12.6 Å². The first-order chi connectivity index (χ1) is 16.1. The molecular weight excluding hydrogens is 537 g/mol. The molecule has 8 heteroatoms. The predicted octanol–water partition coefficient (Wildman–Crippen LogP) is 4.22. The number of benzene rings is 1. The highest BCUT2D eigenvalue weighted by Gasteiger charge is 2.24. The molecule has 1 aliphatic rings. The third kappa shape index (κ3) is 7.02. The quantitative estimate of drug-likeness (QED) is 0.240. The molecule has 1 atom stereocenters. The zero-order chi connectivity index (χ0) is 23.0. The summed E-state index contributed by atoms with van der Waals surface area (Å²) >= 11 is 0. The minimum atomic E-state index is 0. The lowest BCUT2D eigenvalue weighted by Crippen LogP contribution is -2.44. The van der Waals surface area contributed by atoms with Crippen molar-refractivity contribution < 1.29 is 0 Å². The van der Waals surface area contributed by atoms with Crippen LogP contribution in [0, 0.1) is 13.8 Å². The van der Waals surface area contributed by atoms with E-state index >= 15 is 0 Å². The molecule has 1 unspecified atom stereocenters. The Hall–Kier alpha value is -2.46. The Morgan fingerprint density at radius 3 is 2.59 bits per heavy atom. The second-order valence-corrected chi connectivity index (χ2v) is 8.69. The van der Waals surface area contributed by atoms with Crippen molar-refractivity contribution in [2.24, 2.45) is 4.99 Å². The van der Waals surface area contributed by atoms with Gasteiger partial charge in [-0.2, -0.15) is 5.10 Å². The Balaban J connectivity index is 0.00000324. The molecule has 1 aromatic carbocycles. The van der Waals surface area contributed by atoms with Gasteiger partial charge in [0.1, 0.15) is 0 Å². The van der Waals surface area contributed by atoms with E-state index in [1.807, 2.05) is 30.8 Å². The van der Waals surface area contributed by atoms with Crippen LogP contribution in [0.1, 0.15) is 42.3 Å². The number of rotatable bonds is 8. The summed E-state index contributed by atoms with van der Waals surface area (Å²) in [5.41, 5.74) is 4.52. The Bertz CT molecular complexity index is 1050. The molecule has 7 nitrogen and oxygen atoms in total. The Morgan fingerprint density at radius 2 is 1.91 bits per heavy atom. The highest BCUT2D eigenvalue weighted by Crippen LogP contribution is 2.19. The molecule has 1 saturated heterocycles. The second kappa shape index (κ2) is 12.9. The normalized spacial score (nSPS) is 16.3. The molecule has 0 radical (unpaired) electrons. The average molecular weight is 574 g/mol. The number of aryl methyl sites for hydroxylation is 2. The maximum atomic E-state index is 4.79. The summed E-state index contributed by atoms with van der Waals surface area (Å²) < 4.78 is 1.87. The van der Waals surface area contributed by atoms with Crippen LogP contribution in [-0.2, 0) is 13.1 Å². The molecule has 0 saturated carbocycles. The van der Waals surface area contributed by atoms with Gasteiger partial charge < -0.3 is 10.6 Å². The number of nitrogens with zero attached hydrogens (tertiary/aromatic N) is 5. The summed E-state index contributed by atoms with van der Waals surface area (Å²) in [6, 6.07) is 17.4. The zero-order valence-corrected chi connectivity index (χ0v) is 22.7. The van der Waals surface area contributed by atoms with Gasteiger partial charge in [-0.25, -0.2) is 14.7 Å². The number of pyridine rings is 1. The van der Waals surface area contributed by atoms with Crippen LogP contribution >= 0.6 is 24.0 Å². The number of nitrogens with one attached hydrogen (secondary N) is 2. The van der Waals surface area contributed by atoms with E-state index in [-0.39, 0.29) is 24.0 Å². The molecule has 182 valence electrons. The van der Waals surface area contributed by atoms with E-state index in [1.54, 1.807) is 0 Å². The fourth-order valence-electron chi connectivity index (χ4n) is 4.38. The lowest BCUT2D eigenvalue weighted by molar-refractivity contribution is 0.245. The van der Waals surface area contributed by atoms with Gasteiger partial charge in [-0.15, -0.1) is 24.0 Å². The third-order valence-electron chi connectivity index (χ3n) is 6.03. The largest absolute Gasteiger partial charge is 0.357 e. The lowest BCUT2D eigenvalue weighted by atomic mass is 10.2. The van der Waals surface area contributed by atoms with E-state index in [1.165, 1.54) is 18.4 Å². The molecule has 0 aliphatic carbocycles.